The van der Waals surface area contributed by atoms with Crippen LogP contribution in [0.1, 0.15) is 34.2 Å². The van der Waals surface area contributed by atoms with Crippen molar-refractivity contribution in [2.45, 2.75) is 13.3 Å². The lowest BCUT2D eigenvalue weighted by Crippen LogP contribution is -2.31. The molecule has 32 heavy (non-hydrogen) atoms. The van der Waals surface area contributed by atoms with Crippen LogP contribution in [-0.2, 0) is 13.5 Å². The van der Waals surface area contributed by atoms with E-state index in [2.05, 4.69) is 48.1 Å². The first-order valence-corrected chi connectivity index (χ1v) is 10.9. The van der Waals surface area contributed by atoms with Crippen LogP contribution in [0.3, 0.4) is 0 Å². The van der Waals surface area contributed by atoms with Gasteiger partial charge in [0.15, 0.2) is 0 Å². The predicted octanol–water partition coefficient (Wildman–Crippen LogP) is 4.67. The summed E-state index contributed by atoms with van der Waals surface area (Å²) in [4.78, 5) is 19.1. The summed E-state index contributed by atoms with van der Waals surface area (Å²) in [6.45, 7) is 7.77. The van der Waals surface area contributed by atoms with Gasteiger partial charge in [0.05, 0.1) is 11.9 Å². The highest BCUT2D eigenvalue weighted by Gasteiger charge is 2.11. The number of rotatable bonds is 9. The molecule has 0 bridgehead atoms. The van der Waals surface area contributed by atoms with Gasteiger partial charge < -0.3 is 14.8 Å². The Bertz CT molecular complexity index is 1120. The molecule has 1 amide bonds. The summed E-state index contributed by atoms with van der Waals surface area (Å²) in [6, 6.07) is 16.1. The number of carbonyl (C=O) groups is 1. The Balaban J connectivity index is 1.75. The fraction of sp³-hybridized carbons (Fsp3) is 0.259. The van der Waals surface area contributed by atoms with E-state index in [1.165, 1.54) is 5.56 Å². The first-order chi connectivity index (χ1) is 15.4. The SMILES string of the molecule is C=C(/C=C\c1ncc(-c2cccc(C(=O)NCCN(C)C)c2)n1C)c1cccc(CC)c1. The number of hydrogen-bond donors (Lipinski definition) is 1. The van der Waals surface area contributed by atoms with Crippen LogP contribution in [-0.4, -0.2) is 47.5 Å². The lowest BCUT2D eigenvalue weighted by Gasteiger charge is -2.11. The number of imidazole rings is 1. The molecule has 0 spiro atoms. The first kappa shape index (κ1) is 23.2. The van der Waals surface area contributed by atoms with Crippen molar-refractivity contribution in [3.05, 3.63) is 89.9 Å². The van der Waals surface area contributed by atoms with Crippen molar-refractivity contribution in [1.29, 1.82) is 0 Å². The van der Waals surface area contributed by atoms with Crippen molar-refractivity contribution in [2.75, 3.05) is 27.2 Å². The average molecular weight is 429 g/mol. The summed E-state index contributed by atoms with van der Waals surface area (Å²) in [6.07, 6.45) is 6.81. The molecule has 0 aliphatic carbocycles. The van der Waals surface area contributed by atoms with E-state index in [9.17, 15) is 4.79 Å². The van der Waals surface area contributed by atoms with E-state index in [0.29, 0.717) is 12.1 Å². The number of nitrogens with zero attached hydrogens (tertiary/aromatic N) is 3. The highest BCUT2D eigenvalue weighted by molar-refractivity contribution is 5.95. The quantitative estimate of drug-likeness (QED) is 0.504. The third-order valence-corrected chi connectivity index (χ3v) is 5.43. The monoisotopic (exact) mass is 428 g/mol. The normalized spacial score (nSPS) is 11.3. The number of benzene rings is 2. The van der Waals surface area contributed by atoms with E-state index < -0.39 is 0 Å². The molecular formula is C27H32N4O. The molecule has 3 rings (SSSR count). The fourth-order valence-corrected chi connectivity index (χ4v) is 3.42. The van der Waals surface area contributed by atoms with Crippen LogP contribution in [0.5, 0.6) is 0 Å². The van der Waals surface area contributed by atoms with Gasteiger partial charge >= 0.3 is 0 Å². The summed E-state index contributed by atoms with van der Waals surface area (Å²) < 4.78 is 2.02. The Labute approximate surface area is 191 Å². The highest BCUT2D eigenvalue weighted by atomic mass is 16.1. The third-order valence-electron chi connectivity index (χ3n) is 5.43. The van der Waals surface area contributed by atoms with Crippen LogP contribution >= 0.6 is 0 Å². The van der Waals surface area contributed by atoms with Crippen molar-refractivity contribution in [3.63, 3.8) is 0 Å². The third kappa shape index (κ3) is 5.83. The van der Waals surface area contributed by atoms with Crippen LogP contribution in [0.4, 0.5) is 0 Å². The Hall–Kier alpha value is -3.44. The van der Waals surface area contributed by atoms with Gasteiger partial charge in [0, 0.05) is 31.3 Å². The van der Waals surface area contributed by atoms with Crippen LogP contribution in [0.15, 0.2) is 67.4 Å². The van der Waals surface area contributed by atoms with Gasteiger partial charge in [-0.25, -0.2) is 4.98 Å². The number of allylic oxidation sites excluding steroid dienone is 2. The van der Waals surface area contributed by atoms with Crippen molar-refractivity contribution < 1.29 is 4.79 Å². The number of aryl methyl sites for hydroxylation is 1. The second-order valence-electron chi connectivity index (χ2n) is 8.11. The van der Waals surface area contributed by atoms with Gasteiger partial charge in [-0.3, -0.25) is 4.79 Å². The van der Waals surface area contributed by atoms with Crippen LogP contribution in [0, 0.1) is 0 Å². The minimum absolute atomic E-state index is 0.0680. The smallest absolute Gasteiger partial charge is 0.251 e. The molecule has 1 N–H and O–H groups in total. The number of carbonyl (C=O) groups excluding carboxylic acids is 1. The minimum atomic E-state index is -0.0680. The van der Waals surface area contributed by atoms with Crippen molar-refractivity contribution >= 4 is 17.6 Å². The Kier molecular flexibility index (Phi) is 7.79. The summed E-state index contributed by atoms with van der Waals surface area (Å²) in [7, 11) is 5.95. The second-order valence-corrected chi connectivity index (χ2v) is 8.11. The maximum Gasteiger partial charge on any atom is 0.251 e. The molecule has 1 aromatic heterocycles. The molecule has 2 aromatic carbocycles. The zero-order valence-corrected chi connectivity index (χ0v) is 19.4. The Morgan fingerprint density at radius 2 is 1.91 bits per heavy atom. The molecule has 1 heterocycles. The molecule has 5 nitrogen and oxygen atoms in total. The zero-order valence-electron chi connectivity index (χ0n) is 19.4. The van der Waals surface area contributed by atoms with Gasteiger partial charge in [0.25, 0.3) is 5.91 Å². The summed E-state index contributed by atoms with van der Waals surface area (Å²) in [5, 5.41) is 2.96. The molecule has 0 atom stereocenters. The van der Waals surface area contributed by atoms with Gasteiger partial charge in [-0.15, -0.1) is 0 Å². The molecule has 0 aliphatic rings. The number of aromatic nitrogens is 2. The number of amides is 1. The molecule has 166 valence electrons. The molecule has 0 fully saturated rings. The summed E-state index contributed by atoms with van der Waals surface area (Å²) >= 11 is 0. The maximum absolute atomic E-state index is 12.5. The lowest BCUT2D eigenvalue weighted by molar-refractivity contribution is 0.0951. The summed E-state index contributed by atoms with van der Waals surface area (Å²) in [5.41, 5.74) is 5.90. The van der Waals surface area contributed by atoms with Crippen molar-refractivity contribution in [2.24, 2.45) is 7.05 Å². The number of hydrogen-bond acceptors (Lipinski definition) is 3. The second kappa shape index (κ2) is 10.7. The Morgan fingerprint density at radius 3 is 2.66 bits per heavy atom. The number of nitrogens with one attached hydrogen (secondary N) is 1. The molecule has 5 heteroatoms. The van der Waals surface area contributed by atoms with Gasteiger partial charge in [0.2, 0.25) is 0 Å². The van der Waals surface area contributed by atoms with Gasteiger partial charge in [-0.2, -0.15) is 0 Å². The maximum atomic E-state index is 12.5. The predicted molar refractivity (Wildman–Crippen MR) is 133 cm³/mol. The van der Waals surface area contributed by atoms with E-state index in [-0.39, 0.29) is 5.91 Å². The molecule has 0 radical (unpaired) electrons. The van der Waals surface area contributed by atoms with Gasteiger partial charge in [0.1, 0.15) is 5.82 Å². The zero-order chi connectivity index (χ0) is 23.1. The largest absolute Gasteiger partial charge is 0.351 e. The van der Waals surface area contributed by atoms with E-state index in [1.807, 2.05) is 73.2 Å². The van der Waals surface area contributed by atoms with Crippen molar-refractivity contribution in [1.82, 2.24) is 19.8 Å². The van der Waals surface area contributed by atoms with E-state index in [0.717, 1.165) is 41.2 Å². The molecule has 0 unspecified atom stereocenters. The molecule has 0 saturated heterocycles. The van der Waals surface area contributed by atoms with Gasteiger partial charge in [-0.1, -0.05) is 56.0 Å². The minimum Gasteiger partial charge on any atom is -0.351 e. The number of likely N-dealkylation sites (N-methyl/N-ethyl adjacent to an activating group) is 1. The van der Waals surface area contributed by atoms with Crippen LogP contribution in [0.25, 0.3) is 22.9 Å². The lowest BCUT2D eigenvalue weighted by atomic mass is 10.0. The van der Waals surface area contributed by atoms with E-state index in [1.54, 1.807) is 0 Å². The van der Waals surface area contributed by atoms with Crippen LogP contribution in [0.2, 0.25) is 0 Å². The molecule has 0 saturated carbocycles. The first-order valence-electron chi connectivity index (χ1n) is 10.9. The van der Waals surface area contributed by atoms with Crippen LogP contribution < -0.4 is 5.32 Å². The summed E-state index contributed by atoms with van der Waals surface area (Å²) in [5.74, 6) is 0.759. The van der Waals surface area contributed by atoms with Gasteiger partial charge in [-0.05, 0) is 55.4 Å². The van der Waals surface area contributed by atoms with E-state index in [4.69, 9.17) is 0 Å². The molecule has 3 aromatic rings. The Morgan fingerprint density at radius 1 is 1.16 bits per heavy atom. The molecular weight excluding hydrogens is 396 g/mol. The van der Waals surface area contributed by atoms with E-state index >= 15 is 0 Å². The topological polar surface area (TPSA) is 50.2 Å². The average Bonchev–Trinajstić information content (AvgIpc) is 3.17. The fourth-order valence-electron chi connectivity index (χ4n) is 3.42. The highest BCUT2D eigenvalue weighted by Crippen LogP contribution is 2.23. The molecule has 0 aliphatic heterocycles. The standard InChI is InChI=1S/C27H32N4O/c1-6-21-9-7-10-22(17-21)20(2)13-14-26-29-19-25(31(26)5)23-11-8-12-24(18-23)27(32)28-15-16-30(3)4/h7-14,17-19H,2,6,15-16H2,1,3-5H3,(H,28,32)/b14-13-. The van der Waals surface area contributed by atoms with Crippen molar-refractivity contribution in [3.8, 4) is 11.3 Å².